The molecular formula is C25H28FN7O3. The van der Waals surface area contributed by atoms with Gasteiger partial charge < -0.3 is 9.47 Å². The summed E-state index contributed by atoms with van der Waals surface area (Å²) in [7, 11) is 1.56. The van der Waals surface area contributed by atoms with Crippen molar-refractivity contribution in [2.75, 3.05) is 26.8 Å². The number of hydrogen-bond donors (Lipinski definition) is 0. The monoisotopic (exact) mass is 493 g/mol. The summed E-state index contributed by atoms with van der Waals surface area (Å²) in [5.74, 6) is 0.480. The van der Waals surface area contributed by atoms with Crippen molar-refractivity contribution in [2.24, 2.45) is 5.92 Å². The number of aromatic nitrogens is 6. The van der Waals surface area contributed by atoms with Crippen LogP contribution in [0.4, 0.5) is 4.39 Å². The Hall–Kier alpha value is -3.86. The largest absolute Gasteiger partial charge is 0.479 e. The zero-order chi connectivity index (χ0) is 25.1. The molecule has 1 aliphatic rings. The highest BCUT2D eigenvalue weighted by Crippen LogP contribution is 2.27. The number of esters is 1. The van der Waals surface area contributed by atoms with Gasteiger partial charge in [0.1, 0.15) is 16.9 Å². The molecule has 0 unspecified atom stereocenters. The van der Waals surface area contributed by atoms with Gasteiger partial charge in [-0.3, -0.25) is 9.58 Å². The van der Waals surface area contributed by atoms with Crippen LogP contribution in [0.2, 0.25) is 0 Å². The van der Waals surface area contributed by atoms with E-state index < -0.39 is 5.97 Å². The SMILES string of the molecule is CCOC(=O)c1cnn(-c2nc(OC)c3c(cnn3CC3CCN(Cc4ccc(F)cc4)CC3)n2)c1. The molecule has 0 radical (unpaired) electrons. The zero-order valence-electron chi connectivity index (χ0n) is 20.3. The molecular weight excluding hydrogens is 465 g/mol. The summed E-state index contributed by atoms with van der Waals surface area (Å²) in [6.07, 6.45) is 6.72. The van der Waals surface area contributed by atoms with Gasteiger partial charge in [-0.1, -0.05) is 12.1 Å². The third-order valence-electron chi connectivity index (χ3n) is 6.39. The van der Waals surface area contributed by atoms with Gasteiger partial charge in [0.2, 0.25) is 5.88 Å². The third kappa shape index (κ3) is 5.06. The number of halogens is 1. The molecule has 3 aromatic heterocycles. The van der Waals surface area contributed by atoms with Crippen LogP contribution in [0.5, 0.6) is 5.88 Å². The third-order valence-corrected chi connectivity index (χ3v) is 6.39. The van der Waals surface area contributed by atoms with Crippen LogP contribution in [0.3, 0.4) is 0 Å². The van der Waals surface area contributed by atoms with Crippen LogP contribution in [0, 0.1) is 11.7 Å². The number of rotatable bonds is 8. The van der Waals surface area contributed by atoms with Gasteiger partial charge >= 0.3 is 5.97 Å². The van der Waals surface area contributed by atoms with E-state index in [-0.39, 0.29) is 18.4 Å². The maximum Gasteiger partial charge on any atom is 0.341 e. The Labute approximate surface area is 207 Å². The molecule has 0 N–H and O–H groups in total. The maximum absolute atomic E-state index is 13.2. The normalized spacial score (nSPS) is 14.9. The molecule has 36 heavy (non-hydrogen) atoms. The van der Waals surface area contributed by atoms with Crippen molar-refractivity contribution in [1.82, 2.24) is 34.4 Å². The first kappa shape index (κ1) is 23.9. The Morgan fingerprint density at radius 1 is 1.11 bits per heavy atom. The number of ether oxygens (including phenoxy) is 2. The van der Waals surface area contributed by atoms with E-state index in [1.54, 1.807) is 20.2 Å². The Bertz CT molecular complexity index is 1340. The maximum atomic E-state index is 13.2. The molecule has 0 spiro atoms. The van der Waals surface area contributed by atoms with Crippen LogP contribution in [-0.2, 0) is 17.8 Å². The average molecular weight is 494 g/mol. The predicted molar refractivity (Wildman–Crippen MR) is 129 cm³/mol. The quantitative estimate of drug-likeness (QED) is 0.345. The van der Waals surface area contributed by atoms with Gasteiger partial charge in [-0.15, -0.1) is 0 Å². The van der Waals surface area contributed by atoms with E-state index in [4.69, 9.17) is 9.47 Å². The van der Waals surface area contributed by atoms with Crippen molar-refractivity contribution in [1.29, 1.82) is 0 Å². The van der Waals surface area contributed by atoms with Gasteiger partial charge in [0.05, 0.1) is 31.7 Å². The van der Waals surface area contributed by atoms with Crippen molar-refractivity contribution < 1.29 is 18.7 Å². The molecule has 0 atom stereocenters. The molecule has 1 fully saturated rings. The number of fused-ring (bicyclic) bond motifs is 1. The van der Waals surface area contributed by atoms with Crippen molar-refractivity contribution in [3.63, 3.8) is 0 Å². The minimum atomic E-state index is -0.451. The van der Waals surface area contributed by atoms with Crippen LogP contribution in [-0.4, -0.2) is 67.2 Å². The second-order valence-electron chi connectivity index (χ2n) is 8.83. The fraction of sp³-hybridized carbons (Fsp3) is 0.400. The van der Waals surface area contributed by atoms with Gasteiger partial charge in [-0.2, -0.15) is 15.2 Å². The smallest absolute Gasteiger partial charge is 0.341 e. The summed E-state index contributed by atoms with van der Waals surface area (Å²) in [6.45, 7) is 5.55. The summed E-state index contributed by atoms with van der Waals surface area (Å²) in [5.41, 5.74) is 2.81. The summed E-state index contributed by atoms with van der Waals surface area (Å²) in [5, 5.41) is 8.77. The van der Waals surface area contributed by atoms with E-state index in [0.717, 1.165) is 50.1 Å². The molecule has 1 aliphatic heterocycles. The van der Waals surface area contributed by atoms with Gasteiger partial charge in [-0.25, -0.2) is 18.9 Å². The Morgan fingerprint density at radius 2 is 1.89 bits per heavy atom. The zero-order valence-corrected chi connectivity index (χ0v) is 20.3. The number of nitrogens with zero attached hydrogens (tertiary/aromatic N) is 7. The highest BCUT2D eigenvalue weighted by Gasteiger charge is 2.23. The van der Waals surface area contributed by atoms with Crippen molar-refractivity contribution in [3.05, 3.63) is 59.8 Å². The molecule has 0 saturated carbocycles. The molecule has 0 amide bonds. The first-order valence-corrected chi connectivity index (χ1v) is 12.0. The second-order valence-corrected chi connectivity index (χ2v) is 8.83. The molecule has 4 heterocycles. The standard InChI is InChI=1S/C25H28FN7O3/c1-3-36-24(34)19-12-27-33(16-19)25-29-21-13-28-32(22(21)23(30-25)35-2)15-18-8-10-31(11-9-18)14-17-4-6-20(26)7-5-17/h4-7,12-13,16,18H,3,8-11,14-15H2,1-2H3. The molecule has 188 valence electrons. The molecule has 1 aromatic carbocycles. The first-order valence-electron chi connectivity index (χ1n) is 12.0. The lowest BCUT2D eigenvalue weighted by Crippen LogP contribution is -2.34. The highest BCUT2D eigenvalue weighted by atomic mass is 19.1. The molecule has 1 saturated heterocycles. The first-order chi connectivity index (χ1) is 17.5. The molecule has 0 bridgehead atoms. The fourth-order valence-corrected chi connectivity index (χ4v) is 4.51. The number of carbonyl (C=O) groups is 1. The Balaban J connectivity index is 1.28. The summed E-state index contributed by atoms with van der Waals surface area (Å²) in [6, 6.07) is 6.71. The lowest BCUT2D eigenvalue weighted by Gasteiger charge is -2.32. The van der Waals surface area contributed by atoms with E-state index >= 15 is 0 Å². The molecule has 0 aliphatic carbocycles. The topological polar surface area (TPSA) is 100 Å². The van der Waals surface area contributed by atoms with E-state index in [1.807, 2.05) is 16.8 Å². The van der Waals surface area contributed by atoms with Crippen LogP contribution in [0.1, 0.15) is 35.7 Å². The van der Waals surface area contributed by atoms with Crippen LogP contribution < -0.4 is 4.74 Å². The number of piperidine rings is 1. The second kappa shape index (κ2) is 10.4. The van der Waals surface area contributed by atoms with Gasteiger partial charge in [-0.05, 0) is 56.5 Å². The van der Waals surface area contributed by atoms with Gasteiger partial charge in [0.15, 0.2) is 0 Å². The van der Waals surface area contributed by atoms with Crippen molar-refractivity contribution in [2.45, 2.75) is 32.9 Å². The minimum absolute atomic E-state index is 0.207. The van der Waals surface area contributed by atoms with E-state index in [9.17, 15) is 9.18 Å². The number of benzene rings is 1. The Morgan fingerprint density at radius 3 is 2.61 bits per heavy atom. The molecule has 10 nitrogen and oxygen atoms in total. The van der Waals surface area contributed by atoms with E-state index in [1.165, 1.54) is 29.2 Å². The molecule has 11 heteroatoms. The van der Waals surface area contributed by atoms with Crippen LogP contribution in [0.25, 0.3) is 17.0 Å². The minimum Gasteiger partial charge on any atom is -0.479 e. The lowest BCUT2D eigenvalue weighted by atomic mass is 9.96. The van der Waals surface area contributed by atoms with Crippen molar-refractivity contribution in [3.8, 4) is 11.8 Å². The van der Waals surface area contributed by atoms with Gasteiger partial charge in [0, 0.05) is 19.3 Å². The van der Waals surface area contributed by atoms with Crippen LogP contribution >= 0.6 is 0 Å². The van der Waals surface area contributed by atoms with Gasteiger partial charge in [0.25, 0.3) is 5.95 Å². The fourth-order valence-electron chi connectivity index (χ4n) is 4.51. The summed E-state index contributed by atoms with van der Waals surface area (Å²) < 4.78 is 27.1. The number of likely N-dealkylation sites (tertiary alicyclic amines) is 1. The van der Waals surface area contributed by atoms with E-state index in [0.29, 0.717) is 22.9 Å². The summed E-state index contributed by atoms with van der Waals surface area (Å²) >= 11 is 0. The predicted octanol–water partition coefficient (Wildman–Crippen LogP) is 3.25. The van der Waals surface area contributed by atoms with E-state index in [2.05, 4.69) is 25.1 Å². The van der Waals surface area contributed by atoms with Crippen molar-refractivity contribution >= 4 is 17.0 Å². The highest BCUT2D eigenvalue weighted by molar-refractivity contribution is 5.88. The number of methoxy groups -OCH3 is 1. The summed E-state index contributed by atoms with van der Waals surface area (Å²) in [4.78, 5) is 23.5. The lowest BCUT2D eigenvalue weighted by molar-refractivity contribution is 0.0526. The number of carbonyl (C=O) groups excluding carboxylic acids is 1. The molecule has 5 rings (SSSR count). The molecule has 4 aromatic rings. The average Bonchev–Trinajstić information content (AvgIpc) is 3.54. The van der Waals surface area contributed by atoms with Crippen LogP contribution in [0.15, 0.2) is 42.9 Å². The number of hydrogen-bond acceptors (Lipinski definition) is 8. The Kier molecular flexibility index (Phi) is 6.90.